The molecule has 7 heteroatoms. The van der Waals surface area contributed by atoms with E-state index in [0.29, 0.717) is 18.0 Å². The smallest absolute Gasteiger partial charge is 0.268 e. The van der Waals surface area contributed by atoms with Crippen LogP contribution in [0.3, 0.4) is 0 Å². The van der Waals surface area contributed by atoms with Crippen molar-refractivity contribution in [1.29, 1.82) is 0 Å². The number of carbonyl (C=O) groups excluding carboxylic acids is 2. The van der Waals surface area contributed by atoms with Crippen molar-refractivity contribution in [1.82, 2.24) is 4.90 Å². The van der Waals surface area contributed by atoms with Crippen LogP contribution < -0.4 is 4.90 Å². The number of carbonyl (C=O) groups is 2. The van der Waals surface area contributed by atoms with Gasteiger partial charge in [0.05, 0.1) is 12.2 Å². The maximum absolute atomic E-state index is 14.3. The molecule has 1 atom stereocenters. The van der Waals surface area contributed by atoms with Gasteiger partial charge >= 0.3 is 0 Å². The zero-order chi connectivity index (χ0) is 20.3. The molecular weight excluding hydrogens is 394 g/mol. The molecule has 0 bridgehead atoms. The number of benzene rings is 2. The van der Waals surface area contributed by atoms with Crippen LogP contribution in [0.4, 0.5) is 14.5 Å². The third-order valence-corrected chi connectivity index (χ3v) is 7.34. The molecule has 0 unspecified atom stereocenters. The number of nitrogens with zero attached hydrogens (tertiary/aromatic N) is 2. The molecule has 29 heavy (non-hydrogen) atoms. The summed E-state index contributed by atoms with van der Waals surface area (Å²) in [6, 6.07) is 9.31. The first kappa shape index (κ1) is 18.6. The highest BCUT2D eigenvalue weighted by Gasteiger charge is 2.60. The van der Waals surface area contributed by atoms with Crippen LogP contribution in [0.2, 0.25) is 0 Å². The Morgan fingerprint density at radius 3 is 2.62 bits per heavy atom. The Morgan fingerprint density at radius 2 is 1.93 bits per heavy atom. The van der Waals surface area contributed by atoms with E-state index in [-0.39, 0.29) is 29.8 Å². The summed E-state index contributed by atoms with van der Waals surface area (Å²) in [5.74, 6) is -1.01. The van der Waals surface area contributed by atoms with Gasteiger partial charge in [-0.3, -0.25) is 9.59 Å². The highest BCUT2D eigenvalue weighted by Crippen LogP contribution is 2.55. The van der Waals surface area contributed by atoms with E-state index in [1.54, 1.807) is 4.90 Å². The Balaban J connectivity index is 1.62. The van der Waals surface area contributed by atoms with Gasteiger partial charge in [-0.1, -0.05) is 23.8 Å². The lowest BCUT2D eigenvalue weighted by molar-refractivity contribution is -0.141. The molecular formula is C22H20F2N2O2S. The molecule has 1 saturated heterocycles. The molecule has 1 aliphatic carbocycles. The van der Waals surface area contributed by atoms with E-state index in [4.69, 9.17) is 0 Å². The summed E-state index contributed by atoms with van der Waals surface area (Å²) in [5, 5.41) is 0. The summed E-state index contributed by atoms with van der Waals surface area (Å²) < 4.78 is 28.6. The molecule has 150 valence electrons. The fourth-order valence-electron chi connectivity index (χ4n) is 4.30. The van der Waals surface area contributed by atoms with Gasteiger partial charge in [0.1, 0.15) is 11.6 Å². The van der Waals surface area contributed by atoms with Crippen molar-refractivity contribution in [2.75, 3.05) is 17.2 Å². The first-order valence-corrected chi connectivity index (χ1v) is 10.7. The minimum atomic E-state index is -1.14. The number of thioether (sulfide) groups is 1. The van der Waals surface area contributed by atoms with Gasteiger partial charge in [-0.15, -0.1) is 11.8 Å². The summed E-state index contributed by atoms with van der Waals surface area (Å²) in [4.78, 5) is 28.8. The number of fused-ring (bicyclic) bond motifs is 2. The number of amides is 2. The second-order valence-corrected chi connectivity index (χ2v) is 9.16. The third kappa shape index (κ3) is 2.70. The quantitative estimate of drug-likeness (QED) is 0.764. The van der Waals surface area contributed by atoms with Gasteiger partial charge in [0.25, 0.3) is 5.91 Å². The first-order valence-electron chi connectivity index (χ1n) is 9.75. The van der Waals surface area contributed by atoms with Gasteiger partial charge in [-0.05, 0) is 38.0 Å². The number of halogens is 2. The second kappa shape index (κ2) is 6.55. The highest BCUT2D eigenvalue weighted by atomic mass is 32.2. The van der Waals surface area contributed by atoms with Crippen molar-refractivity contribution >= 4 is 29.3 Å². The lowest BCUT2D eigenvalue weighted by Crippen LogP contribution is -2.50. The molecule has 1 saturated carbocycles. The monoisotopic (exact) mass is 414 g/mol. The number of rotatable bonds is 3. The van der Waals surface area contributed by atoms with E-state index in [0.717, 1.165) is 24.0 Å². The van der Waals surface area contributed by atoms with Crippen molar-refractivity contribution in [3.8, 4) is 0 Å². The molecule has 0 radical (unpaired) electrons. The van der Waals surface area contributed by atoms with Crippen LogP contribution in [0.5, 0.6) is 0 Å². The van der Waals surface area contributed by atoms with Gasteiger partial charge in [0.15, 0.2) is 4.87 Å². The van der Waals surface area contributed by atoms with E-state index < -0.39 is 16.5 Å². The summed E-state index contributed by atoms with van der Waals surface area (Å²) in [7, 11) is 0. The molecule has 2 aliphatic heterocycles. The Morgan fingerprint density at radius 1 is 1.21 bits per heavy atom. The van der Waals surface area contributed by atoms with Crippen LogP contribution in [0.25, 0.3) is 0 Å². The molecule has 1 spiro atoms. The van der Waals surface area contributed by atoms with E-state index in [1.807, 2.05) is 25.1 Å². The van der Waals surface area contributed by atoms with Crippen LogP contribution >= 0.6 is 11.8 Å². The lowest BCUT2D eigenvalue weighted by Gasteiger charge is -2.33. The molecule has 2 fully saturated rings. The Bertz CT molecular complexity index is 1020. The third-order valence-electron chi connectivity index (χ3n) is 5.92. The van der Waals surface area contributed by atoms with Crippen molar-refractivity contribution in [3.05, 3.63) is 64.7 Å². The van der Waals surface area contributed by atoms with Gasteiger partial charge in [-0.2, -0.15) is 0 Å². The normalized spacial score (nSPS) is 23.2. The summed E-state index contributed by atoms with van der Waals surface area (Å²) in [6.45, 7) is 2.23. The number of anilines is 1. The maximum Gasteiger partial charge on any atom is 0.268 e. The van der Waals surface area contributed by atoms with Crippen LogP contribution in [0, 0.1) is 24.5 Å². The Kier molecular flexibility index (Phi) is 4.21. The molecule has 3 aliphatic rings. The standard InChI is InChI=1S/C22H20F2N2O2S/c1-13-5-8-19-16(11-13)22(26(9-10-29-22)20(27)14-6-7-14)21(28)25(19)12-15-17(23)3-2-4-18(15)24/h2-5,8,11,14H,6-7,9-10,12H2,1H3/t22-/m1/s1. The van der Waals surface area contributed by atoms with Gasteiger partial charge in [0, 0.05) is 29.3 Å². The summed E-state index contributed by atoms with van der Waals surface area (Å²) in [6.07, 6.45) is 1.71. The van der Waals surface area contributed by atoms with Gasteiger partial charge < -0.3 is 9.80 Å². The van der Waals surface area contributed by atoms with Gasteiger partial charge in [0.2, 0.25) is 5.91 Å². The van der Waals surface area contributed by atoms with Crippen molar-refractivity contribution in [3.63, 3.8) is 0 Å². The van der Waals surface area contributed by atoms with E-state index in [2.05, 4.69) is 0 Å². The molecule has 2 amide bonds. The Hall–Kier alpha value is -2.41. The van der Waals surface area contributed by atoms with E-state index in [1.165, 1.54) is 34.9 Å². The number of hydrogen-bond acceptors (Lipinski definition) is 3. The number of aryl methyl sites for hydroxylation is 1. The molecule has 2 heterocycles. The summed E-state index contributed by atoms with van der Waals surface area (Å²) in [5.41, 5.74) is 2.19. The van der Waals surface area contributed by atoms with Crippen LogP contribution in [0.15, 0.2) is 36.4 Å². The topological polar surface area (TPSA) is 40.6 Å². The minimum Gasteiger partial charge on any atom is -0.315 e. The zero-order valence-electron chi connectivity index (χ0n) is 16.0. The first-order chi connectivity index (χ1) is 13.9. The molecule has 2 aromatic rings. The van der Waals surface area contributed by atoms with Gasteiger partial charge in [-0.25, -0.2) is 8.78 Å². The minimum absolute atomic E-state index is 0.00901. The molecule has 5 rings (SSSR count). The molecule has 2 aromatic carbocycles. The predicted octanol–water partition coefficient (Wildman–Crippen LogP) is 3.96. The largest absolute Gasteiger partial charge is 0.315 e. The van der Waals surface area contributed by atoms with E-state index >= 15 is 0 Å². The zero-order valence-corrected chi connectivity index (χ0v) is 16.8. The molecule has 4 nitrogen and oxygen atoms in total. The molecule has 0 N–H and O–H groups in total. The maximum atomic E-state index is 14.3. The average molecular weight is 414 g/mol. The molecule has 0 aromatic heterocycles. The van der Waals surface area contributed by atoms with Crippen molar-refractivity contribution in [2.45, 2.75) is 31.2 Å². The Labute approximate surface area is 171 Å². The van der Waals surface area contributed by atoms with E-state index in [9.17, 15) is 18.4 Å². The number of hydrogen-bond donors (Lipinski definition) is 0. The van der Waals surface area contributed by atoms with Crippen molar-refractivity contribution in [2.24, 2.45) is 5.92 Å². The lowest BCUT2D eigenvalue weighted by atomic mass is 10.0. The highest BCUT2D eigenvalue weighted by molar-refractivity contribution is 8.01. The predicted molar refractivity (Wildman–Crippen MR) is 107 cm³/mol. The SMILES string of the molecule is Cc1ccc2c(c1)[C@@]1(SCCN1C(=O)C1CC1)C(=O)N2Cc1c(F)cccc1F. The van der Waals surface area contributed by atoms with Crippen LogP contribution in [0.1, 0.15) is 29.5 Å². The van der Waals surface area contributed by atoms with Crippen LogP contribution in [-0.4, -0.2) is 29.0 Å². The van der Waals surface area contributed by atoms with Crippen molar-refractivity contribution < 1.29 is 18.4 Å². The fraction of sp³-hybridized carbons (Fsp3) is 0.364. The summed E-state index contributed by atoms with van der Waals surface area (Å²) >= 11 is 1.44. The fourth-order valence-corrected chi connectivity index (χ4v) is 5.76. The second-order valence-electron chi connectivity index (χ2n) is 7.87. The average Bonchev–Trinajstić information content (AvgIpc) is 3.41. The van der Waals surface area contributed by atoms with Crippen LogP contribution in [-0.2, 0) is 21.0 Å².